The summed E-state index contributed by atoms with van der Waals surface area (Å²) >= 11 is 0. The number of aryl methyl sites for hydroxylation is 1. The summed E-state index contributed by atoms with van der Waals surface area (Å²) in [5.74, 6) is 1.10. The van der Waals surface area contributed by atoms with Crippen molar-refractivity contribution < 1.29 is 9.47 Å². The highest BCUT2D eigenvalue weighted by Gasteiger charge is 2.20. The Kier molecular flexibility index (Phi) is 3.42. The maximum Gasteiger partial charge on any atom is 0.216 e. The van der Waals surface area contributed by atoms with E-state index in [4.69, 9.17) is 15.2 Å². The minimum Gasteiger partial charge on any atom is -0.493 e. The van der Waals surface area contributed by atoms with E-state index in [9.17, 15) is 0 Å². The molecule has 0 aromatic carbocycles. The molecule has 0 aliphatic carbocycles. The fourth-order valence-corrected chi connectivity index (χ4v) is 1.71. The van der Waals surface area contributed by atoms with Crippen LogP contribution < -0.4 is 15.2 Å². The minimum atomic E-state index is -0.454. The van der Waals surface area contributed by atoms with Crippen molar-refractivity contribution in [2.24, 2.45) is 12.8 Å². The Labute approximate surface area is 105 Å². The molecule has 0 saturated heterocycles. The van der Waals surface area contributed by atoms with Crippen LogP contribution in [0.4, 0.5) is 0 Å². The van der Waals surface area contributed by atoms with Crippen LogP contribution in [0, 0.1) is 0 Å². The van der Waals surface area contributed by atoms with Crippen LogP contribution in [-0.2, 0) is 7.05 Å². The number of methoxy groups -OCH3 is 2. The molecule has 0 fully saturated rings. The lowest BCUT2D eigenvalue weighted by atomic mass is 10.1. The van der Waals surface area contributed by atoms with Gasteiger partial charge >= 0.3 is 0 Å². The van der Waals surface area contributed by atoms with E-state index in [2.05, 4.69) is 15.1 Å². The van der Waals surface area contributed by atoms with Gasteiger partial charge in [-0.3, -0.25) is 4.68 Å². The van der Waals surface area contributed by atoms with E-state index in [-0.39, 0.29) is 0 Å². The van der Waals surface area contributed by atoms with Gasteiger partial charge in [-0.05, 0) is 0 Å². The van der Waals surface area contributed by atoms with E-state index in [0.717, 1.165) is 5.69 Å². The predicted octanol–water partition coefficient (Wildman–Crippen LogP) is 0.275. The van der Waals surface area contributed by atoms with Gasteiger partial charge in [-0.25, -0.2) is 9.97 Å². The van der Waals surface area contributed by atoms with E-state index in [0.29, 0.717) is 17.3 Å². The number of nitrogens with zero attached hydrogens (tertiary/aromatic N) is 4. The lowest BCUT2D eigenvalue weighted by Gasteiger charge is -2.13. The highest BCUT2D eigenvalue weighted by atomic mass is 16.5. The van der Waals surface area contributed by atoms with Crippen molar-refractivity contribution in [1.82, 2.24) is 19.7 Å². The van der Waals surface area contributed by atoms with Gasteiger partial charge in [-0.2, -0.15) is 5.10 Å². The van der Waals surface area contributed by atoms with Crippen molar-refractivity contribution in [3.8, 4) is 11.6 Å². The van der Waals surface area contributed by atoms with Crippen molar-refractivity contribution in [3.05, 3.63) is 30.0 Å². The Hall–Kier alpha value is -2.15. The quantitative estimate of drug-likeness (QED) is 0.837. The van der Waals surface area contributed by atoms with E-state index in [1.54, 1.807) is 38.2 Å². The average molecular weight is 249 g/mol. The highest BCUT2D eigenvalue weighted by molar-refractivity contribution is 5.34. The van der Waals surface area contributed by atoms with E-state index in [1.807, 2.05) is 0 Å². The first-order valence-electron chi connectivity index (χ1n) is 5.34. The van der Waals surface area contributed by atoms with Crippen molar-refractivity contribution in [2.45, 2.75) is 6.04 Å². The smallest absolute Gasteiger partial charge is 0.216 e. The second kappa shape index (κ2) is 5.01. The molecule has 7 nitrogen and oxygen atoms in total. The molecular formula is C11H15N5O2. The molecule has 2 rings (SSSR count). The number of nitrogens with two attached hydrogens (primary N) is 1. The molecule has 18 heavy (non-hydrogen) atoms. The summed E-state index contributed by atoms with van der Waals surface area (Å²) in [6.45, 7) is 0. The maximum absolute atomic E-state index is 6.17. The normalized spacial score (nSPS) is 12.2. The van der Waals surface area contributed by atoms with Gasteiger partial charge in [0.1, 0.15) is 12.0 Å². The first-order chi connectivity index (χ1) is 8.67. The summed E-state index contributed by atoms with van der Waals surface area (Å²) in [7, 11) is 4.92. The van der Waals surface area contributed by atoms with E-state index >= 15 is 0 Å². The van der Waals surface area contributed by atoms with E-state index < -0.39 is 6.04 Å². The first-order valence-corrected chi connectivity index (χ1v) is 5.34. The second-order valence-electron chi connectivity index (χ2n) is 3.68. The zero-order chi connectivity index (χ0) is 13.1. The fourth-order valence-electron chi connectivity index (χ4n) is 1.71. The lowest BCUT2D eigenvalue weighted by molar-refractivity contribution is 0.394. The molecule has 0 aliphatic rings. The van der Waals surface area contributed by atoms with Crippen molar-refractivity contribution in [3.63, 3.8) is 0 Å². The second-order valence-corrected chi connectivity index (χ2v) is 3.68. The summed E-state index contributed by atoms with van der Waals surface area (Å²) in [5, 5.41) is 4.11. The van der Waals surface area contributed by atoms with Crippen molar-refractivity contribution in [1.29, 1.82) is 0 Å². The van der Waals surface area contributed by atoms with Gasteiger partial charge < -0.3 is 15.2 Å². The van der Waals surface area contributed by atoms with Gasteiger partial charge in [0.15, 0.2) is 5.75 Å². The third-order valence-corrected chi connectivity index (χ3v) is 2.65. The molecule has 1 unspecified atom stereocenters. The molecule has 0 radical (unpaired) electrons. The molecule has 0 aliphatic heterocycles. The molecule has 2 heterocycles. The van der Waals surface area contributed by atoms with Gasteiger partial charge in [0.25, 0.3) is 0 Å². The van der Waals surface area contributed by atoms with Crippen LogP contribution in [0.25, 0.3) is 0 Å². The van der Waals surface area contributed by atoms with E-state index in [1.165, 1.54) is 6.33 Å². The number of aromatic nitrogens is 4. The zero-order valence-corrected chi connectivity index (χ0v) is 10.5. The van der Waals surface area contributed by atoms with Crippen LogP contribution in [0.3, 0.4) is 0 Å². The highest BCUT2D eigenvalue weighted by Crippen LogP contribution is 2.27. The first kappa shape index (κ1) is 12.3. The van der Waals surface area contributed by atoms with Gasteiger partial charge in [-0.15, -0.1) is 0 Å². The summed E-state index contributed by atoms with van der Waals surface area (Å²) in [5.41, 5.74) is 7.57. The van der Waals surface area contributed by atoms with Crippen molar-refractivity contribution in [2.75, 3.05) is 14.2 Å². The number of ether oxygens (including phenoxy) is 2. The van der Waals surface area contributed by atoms with Crippen LogP contribution in [0.15, 0.2) is 18.6 Å². The van der Waals surface area contributed by atoms with Gasteiger partial charge in [0.2, 0.25) is 5.88 Å². The molecule has 0 bridgehead atoms. The molecule has 0 spiro atoms. The Morgan fingerprint density at radius 3 is 2.72 bits per heavy atom. The molecule has 1 atom stereocenters. The fraction of sp³-hybridized carbons (Fsp3) is 0.364. The molecule has 0 amide bonds. The van der Waals surface area contributed by atoms with Gasteiger partial charge in [0.05, 0.1) is 32.2 Å². The van der Waals surface area contributed by atoms with Gasteiger partial charge in [0, 0.05) is 13.1 Å². The van der Waals surface area contributed by atoms with Crippen LogP contribution in [-0.4, -0.2) is 34.0 Å². The Bertz CT molecular complexity index is 540. The number of hydrogen-bond acceptors (Lipinski definition) is 6. The number of hydrogen-bond donors (Lipinski definition) is 1. The summed E-state index contributed by atoms with van der Waals surface area (Å²) in [4.78, 5) is 8.09. The molecule has 7 heteroatoms. The topological polar surface area (TPSA) is 88.1 Å². The predicted molar refractivity (Wildman–Crippen MR) is 64.4 cm³/mol. The molecule has 2 aromatic heterocycles. The summed E-state index contributed by atoms with van der Waals surface area (Å²) < 4.78 is 11.9. The zero-order valence-electron chi connectivity index (χ0n) is 10.5. The minimum absolute atomic E-state index is 0.454. The number of rotatable bonds is 4. The summed E-state index contributed by atoms with van der Waals surface area (Å²) in [6.07, 6.45) is 3.03. The largest absolute Gasteiger partial charge is 0.493 e. The standard InChI is InChI=1S/C11H15N5O2/c1-16-11(8(17-2)5-15-16)10(12)7-4-9(18-3)14-6-13-7/h4-6,10H,12H2,1-3H3. The van der Waals surface area contributed by atoms with Crippen molar-refractivity contribution >= 4 is 0 Å². The molecule has 0 saturated carbocycles. The SMILES string of the molecule is COc1cc(C(N)c2c(OC)cnn2C)ncn1. The molecule has 96 valence electrons. The van der Waals surface area contributed by atoms with Crippen LogP contribution in [0.2, 0.25) is 0 Å². The summed E-state index contributed by atoms with van der Waals surface area (Å²) in [6, 6.07) is 1.24. The Balaban J connectivity index is 2.40. The molecule has 2 aromatic rings. The molecule has 2 N–H and O–H groups in total. The molecular weight excluding hydrogens is 234 g/mol. The van der Waals surface area contributed by atoms with Crippen LogP contribution in [0.1, 0.15) is 17.4 Å². The van der Waals surface area contributed by atoms with Crippen LogP contribution >= 0.6 is 0 Å². The average Bonchev–Trinajstić information content (AvgIpc) is 2.79. The maximum atomic E-state index is 6.17. The third kappa shape index (κ3) is 2.12. The third-order valence-electron chi connectivity index (χ3n) is 2.65. The van der Waals surface area contributed by atoms with Crippen LogP contribution in [0.5, 0.6) is 11.6 Å². The lowest BCUT2D eigenvalue weighted by Crippen LogP contribution is -2.18. The Morgan fingerprint density at radius 2 is 2.06 bits per heavy atom. The van der Waals surface area contributed by atoms with Gasteiger partial charge in [-0.1, -0.05) is 0 Å². The Morgan fingerprint density at radius 1 is 1.28 bits per heavy atom. The monoisotopic (exact) mass is 249 g/mol.